The number of carbonyl (C=O) groups is 1. The highest BCUT2D eigenvalue weighted by atomic mass is 16.1. The van der Waals surface area contributed by atoms with Crippen molar-refractivity contribution in [3.05, 3.63) is 66.2 Å². The second kappa shape index (κ2) is 4.78. The number of benzene rings is 1. The second-order valence-electron chi connectivity index (χ2n) is 3.82. The molecule has 3 heteroatoms. The van der Waals surface area contributed by atoms with Gasteiger partial charge in [0.05, 0.1) is 0 Å². The van der Waals surface area contributed by atoms with Crippen molar-refractivity contribution in [2.45, 2.75) is 6.92 Å². The average molecular weight is 225 g/mol. The van der Waals surface area contributed by atoms with E-state index in [-0.39, 0.29) is 5.91 Å². The Labute approximate surface area is 101 Å². The zero-order chi connectivity index (χ0) is 12.3. The molecule has 17 heavy (non-hydrogen) atoms. The Hall–Kier alpha value is -2.16. The summed E-state index contributed by atoms with van der Waals surface area (Å²) in [5.41, 5.74) is 2.34. The SMILES string of the molecule is [CH2]c1cccc(C(=O)Nc2ncccc2C)c1. The first kappa shape index (κ1) is 11.3. The Kier molecular flexibility index (Phi) is 3.19. The molecule has 1 radical (unpaired) electrons. The van der Waals surface area contributed by atoms with Gasteiger partial charge in [-0.1, -0.05) is 18.2 Å². The molecule has 2 aromatic rings. The molecule has 0 fully saturated rings. The van der Waals surface area contributed by atoms with Gasteiger partial charge in [-0.05, 0) is 43.2 Å². The summed E-state index contributed by atoms with van der Waals surface area (Å²) in [5.74, 6) is 0.421. The van der Waals surface area contributed by atoms with Crippen molar-refractivity contribution in [1.82, 2.24) is 4.98 Å². The minimum Gasteiger partial charge on any atom is -0.306 e. The number of nitrogens with zero attached hydrogens (tertiary/aromatic N) is 1. The first-order valence-corrected chi connectivity index (χ1v) is 5.32. The van der Waals surface area contributed by atoms with Gasteiger partial charge in [0.15, 0.2) is 0 Å². The van der Waals surface area contributed by atoms with Gasteiger partial charge in [-0.2, -0.15) is 0 Å². The minimum absolute atomic E-state index is 0.169. The first-order chi connectivity index (χ1) is 8.16. The van der Waals surface area contributed by atoms with Crippen LogP contribution in [-0.4, -0.2) is 10.9 Å². The molecule has 0 aliphatic rings. The van der Waals surface area contributed by atoms with Crippen molar-refractivity contribution in [3.63, 3.8) is 0 Å². The van der Waals surface area contributed by atoms with E-state index in [1.165, 1.54) is 0 Å². The maximum Gasteiger partial charge on any atom is 0.256 e. The topological polar surface area (TPSA) is 42.0 Å². The van der Waals surface area contributed by atoms with Gasteiger partial charge in [0.1, 0.15) is 5.82 Å². The molecule has 0 spiro atoms. The van der Waals surface area contributed by atoms with Crippen LogP contribution in [0.5, 0.6) is 0 Å². The Bertz CT molecular complexity index is 549. The van der Waals surface area contributed by atoms with Gasteiger partial charge in [0, 0.05) is 11.8 Å². The highest BCUT2D eigenvalue weighted by molar-refractivity contribution is 6.04. The van der Waals surface area contributed by atoms with Crippen LogP contribution in [0.3, 0.4) is 0 Å². The molecule has 2 rings (SSSR count). The summed E-state index contributed by atoms with van der Waals surface area (Å²) in [6, 6.07) is 10.9. The number of nitrogens with one attached hydrogen (secondary N) is 1. The third-order valence-electron chi connectivity index (χ3n) is 2.43. The van der Waals surface area contributed by atoms with Crippen LogP contribution in [0.2, 0.25) is 0 Å². The molecule has 0 saturated heterocycles. The molecule has 1 heterocycles. The van der Waals surface area contributed by atoms with Crippen molar-refractivity contribution in [2.75, 3.05) is 5.32 Å². The predicted octanol–water partition coefficient (Wildman–Crippen LogP) is 2.82. The van der Waals surface area contributed by atoms with E-state index in [9.17, 15) is 4.79 Å². The summed E-state index contributed by atoms with van der Waals surface area (Å²) in [7, 11) is 0. The lowest BCUT2D eigenvalue weighted by Crippen LogP contribution is -2.13. The van der Waals surface area contributed by atoms with E-state index >= 15 is 0 Å². The number of aryl methyl sites for hydroxylation is 1. The highest BCUT2D eigenvalue weighted by Gasteiger charge is 2.07. The molecular weight excluding hydrogens is 212 g/mol. The molecule has 0 aliphatic heterocycles. The molecule has 1 aromatic heterocycles. The Balaban J connectivity index is 2.20. The number of hydrogen-bond donors (Lipinski definition) is 1. The van der Waals surface area contributed by atoms with Crippen LogP contribution in [0.25, 0.3) is 0 Å². The summed E-state index contributed by atoms with van der Waals surface area (Å²) in [6.45, 7) is 5.70. The minimum atomic E-state index is -0.169. The number of carbonyl (C=O) groups excluding carboxylic acids is 1. The lowest BCUT2D eigenvalue weighted by atomic mass is 10.1. The summed E-state index contributed by atoms with van der Waals surface area (Å²) < 4.78 is 0. The van der Waals surface area contributed by atoms with Gasteiger partial charge in [0.2, 0.25) is 0 Å². The number of anilines is 1. The second-order valence-corrected chi connectivity index (χ2v) is 3.82. The fraction of sp³-hybridized carbons (Fsp3) is 0.0714. The smallest absolute Gasteiger partial charge is 0.256 e. The number of aromatic nitrogens is 1. The van der Waals surface area contributed by atoms with Crippen molar-refractivity contribution >= 4 is 11.7 Å². The van der Waals surface area contributed by atoms with Crippen LogP contribution in [0, 0.1) is 13.8 Å². The zero-order valence-electron chi connectivity index (χ0n) is 9.60. The third-order valence-corrected chi connectivity index (χ3v) is 2.43. The molecular formula is C14H13N2O. The van der Waals surface area contributed by atoms with E-state index in [4.69, 9.17) is 0 Å². The molecule has 1 aromatic carbocycles. The van der Waals surface area contributed by atoms with Crippen LogP contribution in [0.15, 0.2) is 42.6 Å². The largest absolute Gasteiger partial charge is 0.306 e. The van der Waals surface area contributed by atoms with E-state index < -0.39 is 0 Å². The quantitative estimate of drug-likeness (QED) is 0.853. The van der Waals surface area contributed by atoms with Gasteiger partial charge >= 0.3 is 0 Å². The maximum atomic E-state index is 11.9. The lowest BCUT2D eigenvalue weighted by molar-refractivity contribution is 0.102. The van der Waals surface area contributed by atoms with Gasteiger partial charge < -0.3 is 5.32 Å². The first-order valence-electron chi connectivity index (χ1n) is 5.32. The van der Waals surface area contributed by atoms with Gasteiger partial charge in [-0.3, -0.25) is 4.79 Å². The molecule has 3 nitrogen and oxygen atoms in total. The van der Waals surface area contributed by atoms with Gasteiger partial charge in [0.25, 0.3) is 5.91 Å². The van der Waals surface area contributed by atoms with Crippen LogP contribution >= 0.6 is 0 Å². The predicted molar refractivity (Wildman–Crippen MR) is 67.8 cm³/mol. The number of rotatable bonds is 2. The van der Waals surface area contributed by atoms with Crippen LogP contribution in [0.4, 0.5) is 5.82 Å². The summed E-state index contributed by atoms with van der Waals surface area (Å²) in [6.07, 6.45) is 1.65. The molecule has 0 bridgehead atoms. The Morgan fingerprint density at radius 1 is 1.29 bits per heavy atom. The Morgan fingerprint density at radius 2 is 2.12 bits per heavy atom. The van der Waals surface area contributed by atoms with Crippen molar-refractivity contribution in [1.29, 1.82) is 0 Å². The summed E-state index contributed by atoms with van der Waals surface area (Å²) in [4.78, 5) is 16.1. The zero-order valence-corrected chi connectivity index (χ0v) is 9.60. The van der Waals surface area contributed by atoms with E-state index in [2.05, 4.69) is 17.2 Å². The van der Waals surface area contributed by atoms with Crippen molar-refractivity contribution in [2.24, 2.45) is 0 Å². The van der Waals surface area contributed by atoms with Crippen LogP contribution in [0.1, 0.15) is 21.5 Å². The van der Waals surface area contributed by atoms with E-state index in [0.717, 1.165) is 11.1 Å². The molecule has 0 aliphatic carbocycles. The standard InChI is InChI=1S/C14H13N2O/c1-10-5-3-7-12(9-10)14(17)16-13-11(2)6-4-8-15-13/h3-9H,1H2,2H3,(H,15,16,17). The van der Waals surface area contributed by atoms with Gasteiger partial charge in [-0.15, -0.1) is 0 Å². The maximum absolute atomic E-state index is 11.9. The van der Waals surface area contributed by atoms with Crippen molar-refractivity contribution < 1.29 is 4.79 Å². The Morgan fingerprint density at radius 3 is 2.82 bits per heavy atom. The normalized spacial score (nSPS) is 10.0. The molecule has 0 atom stereocenters. The third kappa shape index (κ3) is 2.69. The van der Waals surface area contributed by atoms with Crippen LogP contribution < -0.4 is 5.32 Å². The fourth-order valence-corrected chi connectivity index (χ4v) is 1.51. The highest BCUT2D eigenvalue weighted by Crippen LogP contribution is 2.12. The van der Waals surface area contributed by atoms with Crippen LogP contribution in [-0.2, 0) is 0 Å². The monoisotopic (exact) mass is 225 g/mol. The molecule has 0 saturated carbocycles. The van der Waals surface area contributed by atoms with E-state index in [1.807, 2.05) is 31.2 Å². The molecule has 1 N–H and O–H groups in total. The van der Waals surface area contributed by atoms with Gasteiger partial charge in [-0.25, -0.2) is 4.98 Å². The van der Waals surface area contributed by atoms with E-state index in [0.29, 0.717) is 11.4 Å². The number of hydrogen-bond acceptors (Lipinski definition) is 2. The summed E-state index contributed by atoms with van der Waals surface area (Å²) >= 11 is 0. The van der Waals surface area contributed by atoms with Crippen molar-refractivity contribution in [3.8, 4) is 0 Å². The fourth-order valence-electron chi connectivity index (χ4n) is 1.51. The average Bonchev–Trinajstić information content (AvgIpc) is 2.32. The number of pyridine rings is 1. The summed E-state index contributed by atoms with van der Waals surface area (Å²) in [5, 5.41) is 2.78. The molecule has 1 amide bonds. The lowest BCUT2D eigenvalue weighted by Gasteiger charge is -2.07. The van der Waals surface area contributed by atoms with E-state index in [1.54, 1.807) is 18.3 Å². The number of amides is 1. The molecule has 85 valence electrons. The molecule has 0 unspecified atom stereocenters.